The van der Waals surface area contributed by atoms with Crippen LogP contribution in [0.15, 0.2) is 18.2 Å². The normalized spacial score (nSPS) is 19.2. The van der Waals surface area contributed by atoms with Gasteiger partial charge in [0, 0.05) is 25.2 Å². The zero-order chi connectivity index (χ0) is 16.9. The van der Waals surface area contributed by atoms with E-state index in [1.807, 2.05) is 25.1 Å². The summed E-state index contributed by atoms with van der Waals surface area (Å²) in [5.74, 6) is 0.661. The number of carbonyl (C=O) groups is 2. The molecule has 1 saturated heterocycles. The van der Waals surface area contributed by atoms with Crippen LogP contribution in [0.3, 0.4) is 0 Å². The number of amides is 3. The average Bonchev–Trinajstić information content (AvgIpc) is 3.22. The van der Waals surface area contributed by atoms with E-state index in [1.165, 1.54) is 0 Å². The summed E-state index contributed by atoms with van der Waals surface area (Å²) in [4.78, 5) is 26.0. The van der Waals surface area contributed by atoms with Crippen LogP contribution < -0.4 is 20.9 Å². The van der Waals surface area contributed by atoms with Crippen LogP contribution in [-0.4, -0.2) is 38.1 Å². The van der Waals surface area contributed by atoms with Gasteiger partial charge in [-0.1, -0.05) is 6.07 Å². The Morgan fingerprint density at radius 2 is 2.25 bits per heavy atom. The molecule has 0 bridgehead atoms. The number of nitrogens with one attached hydrogen (secondary N) is 3. The van der Waals surface area contributed by atoms with Gasteiger partial charge in [0.15, 0.2) is 0 Å². The number of rotatable bonds is 5. The van der Waals surface area contributed by atoms with Gasteiger partial charge >= 0.3 is 6.03 Å². The van der Waals surface area contributed by atoms with Gasteiger partial charge in [-0.05, 0) is 62.9 Å². The third-order valence-corrected chi connectivity index (χ3v) is 4.78. The van der Waals surface area contributed by atoms with Gasteiger partial charge in [-0.25, -0.2) is 4.79 Å². The Kier molecular flexibility index (Phi) is 5.35. The molecule has 3 N–H and O–H groups in total. The molecule has 2 aliphatic rings. The molecule has 0 aliphatic carbocycles. The van der Waals surface area contributed by atoms with Crippen LogP contribution in [0, 0.1) is 5.92 Å². The van der Waals surface area contributed by atoms with Crippen LogP contribution in [-0.2, 0) is 11.2 Å². The molecule has 1 atom stereocenters. The standard InChI is InChI=1S/C18H26N4O2/c1-2-20-18(24)22-10-8-14-4-5-15(11-16(14)22)21-17(23)6-3-13-7-9-19-12-13/h4-5,11,13,19H,2-3,6-10,12H2,1H3,(H,20,24)(H,21,23). The summed E-state index contributed by atoms with van der Waals surface area (Å²) in [6, 6.07) is 5.76. The Bertz CT molecular complexity index is 611. The zero-order valence-corrected chi connectivity index (χ0v) is 14.2. The van der Waals surface area contributed by atoms with Gasteiger partial charge in [-0.3, -0.25) is 9.69 Å². The van der Waals surface area contributed by atoms with Crippen molar-refractivity contribution >= 4 is 23.3 Å². The maximum Gasteiger partial charge on any atom is 0.321 e. The van der Waals surface area contributed by atoms with E-state index in [1.54, 1.807) is 4.90 Å². The summed E-state index contributed by atoms with van der Waals surface area (Å²) >= 11 is 0. The van der Waals surface area contributed by atoms with Crippen LogP contribution in [0.1, 0.15) is 31.7 Å². The first-order valence-electron chi connectivity index (χ1n) is 8.86. The first-order valence-corrected chi connectivity index (χ1v) is 8.86. The van der Waals surface area contributed by atoms with E-state index >= 15 is 0 Å². The Balaban J connectivity index is 1.59. The minimum Gasteiger partial charge on any atom is -0.338 e. The fourth-order valence-electron chi connectivity index (χ4n) is 3.43. The van der Waals surface area contributed by atoms with Gasteiger partial charge in [-0.15, -0.1) is 0 Å². The summed E-state index contributed by atoms with van der Waals surface area (Å²) in [6.07, 6.45) is 3.49. The van der Waals surface area contributed by atoms with Crippen molar-refractivity contribution in [2.75, 3.05) is 36.4 Å². The van der Waals surface area contributed by atoms with Crippen molar-refractivity contribution in [3.05, 3.63) is 23.8 Å². The number of carbonyl (C=O) groups excluding carboxylic acids is 2. The number of fused-ring (bicyclic) bond motifs is 1. The van der Waals surface area contributed by atoms with Gasteiger partial charge in [0.2, 0.25) is 5.91 Å². The third-order valence-electron chi connectivity index (χ3n) is 4.78. The second kappa shape index (κ2) is 7.66. The number of nitrogens with zero attached hydrogens (tertiary/aromatic N) is 1. The van der Waals surface area contributed by atoms with Crippen molar-refractivity contribution in [2.24, 2.45) is 5.92 Å². The molecule has 24 heavy (non-hydrogen) atoms. The number of urea groups is 1. The smallest absolute Gasteiger partial charge is 0.321 e. The third kappa shape index (κ3) is 3.87. The molecule has 1 aromatic carbocycles. The van der Waals surface area contributed by atoms with Crippen molar-refractivity contribution in [1.82, 2.24) is 10.6 Å². The Hall–Kier alpha value is -2.08. The highest BCUT2D eigenvalue weighted by Gasteiger charge is 2.24. The van der Waals surface area contributed by atoms with Crippen LogP contribution >= 0.6 is 0 Å². The summed E-state index contributed by atoms with van der Waals surface area (Å²) in [7, 11) is 0. The monoisotopic (exact) mass is 330 g/mol. The van der Waals surface area contributed by atoms with E-state index in [4.69, 9.17) is 0 Å². The van der Waals surface area contributed by atoms with Crippen molar-refractivity contribution in [3.63, 3.8) is 0 Å². The van der Waals surface area contributed by atoms with E-state index in [2.05, 4.69) is 16.0 Å². The summed E-state index contributed by atoms with van der Waals surface area (Å²) in [5, 5.41) is 9.13. The van der Waals surface area contributed by atoms with E-state index in [9.17, 15) is 9.59 Å². The molecule has 0 aromatic heterocycles. The van der Waals surface area contributed by atoms with Gasteiger partial charge in [0.25, 0.3) is 0 Å². The lowest BCUT2D eigenvalue weighted by Crippen LogP contribution is -2.38. The van der Waals surface area contributed by atoms with Crippen LogP contribution in [0.25, 0.3) is 0 Å². The maximum absolute atomic E-state index is 12.2. The van der Waals surface area contributed by atoms with E-state index in [-0.39, 0.29) is 11.9 Å². The second-order valence-corrected chi connectivity index (χ2v) is 6.53. The Morgan fingerprint density at radius 1 is 1.38 bits per heavy atom. The van der Waals surface area contributed by atoms with E-state index < -0.39 is 0 Å². The molecule has 6 nitrogen and oxygen atoms in total. The molecule has 3 amide bonds. The number of benzene rings is 1. The molecule has 2 aliphatic heterocycles. The number of hydrogen-bond donors (Lipinski definition) is 3. The number of hydrogen-bond acceptors (Lipinski definition) is 3. The van der Waals surface area contributed by atoms with E-state index in [0.717, 1.165) is 49.3 Å². The quantitative estimate of drug-likeness (QED) is 0.774. The van der Waals surface area contributed by atoms with Crippen molar-refractivity contribution in [3.8, 4) is 0 Å². The maximum atomic E-state index is 12.2. The molecule has 1 fully saturated rings. The van der Waals surface area contributed by atoms with E-state index in [0.29, 0.717) is 25.4 Å². The molecule has 0 spiro atoms. The molecule has 3 rings (SSSR count). The summed E-state index contributed by atoms with van der Waals surface area (Å²) in [6.45, 7) is 5.29. The van der Waals surface area contributed by atoms with Crippen LogP contribution in [0.4, 0.5) is 16.2 Å². The largest absolute Gasteiger partial charge is 0.338 e. The predicted molar refractivity (Wildman–Crippen MR) is 95.4 cm³/mol. The highest BCUT2D eigenvalue weighted by molar-refractivity contribution is 5.96. The van der Waals surface area contributed by atoms with Crippen molar-refractivity contribution in [1.29, 1.82) is 0 Å². The van der Waals surface area contributed by atoms with Crippen molar-refractivity contribution < 1.29 is 9.59 Å². The minimum atomic E-state index is -0.0755. The molecule has 0 radical (unpaired) electrons. The average molecular weight is 330 g/mol. The first kappa shape index (κ1) is 16.8. The highest BCUT2D eigenvalue weighted by atomic mass is 16.2. The fourth-order valence-corrected chi connectivity index (χ4v) is 3.43. The van der Waals surface area contributed by atoms with Crippen LogP contribution in [0.5, 0.6) is 0 Å². The predicted octanol–water partition coefficient (Wildman–Crippen LogP) is 2.11. The molecule has 1 unspecified atom stereocenters. The summed E-state index contributed by atoms with van der Waals surface area (Å²) < 4.78 is 0. The molecule has 1 aromatic rings. The first-order chi connectivity index (χ1) is 11.7. The van der Waals surface area contributed by atoms with Gasteiger partial charge in [-0.2, -0.15) is 0 Å². The molecule has 6 heteroatoms. The van der Waals surface area contributed by atoms with Gasteiger partial charge in [0.05, 0.1) is 5.69 Å². The number of anilines is 2. The zero-order valence-electron chi connectivity index (χ0n) is 14.2. The molecule has 0 saturated carbocycles. The lowest BCUT2D eigenvalue weighted by atomic mass is 10.0. The molecule has 2 heterocycles. The Labute approximate surface area is 143 Å². The molecular weight excluding hydrogens is 304 g/mol. The minimum absolute atomic E-state index is 0.0457. The SMILES string of the molecule is CCNC(=O)N1CCc2ccc(NC(=O)CCC3CCNC3)cc21. The van der Waals surface area contributed by atoms with Gasteiger partial charge < -0.3 is 16.0 Å². The summed E-state index contributed by atoms with van der Waals surface area (Å²) in [5.41, 5.74) is 2.81. The Morgan fingerprint density at radius 3 is 3.00 bits per heavy atom. The van der Waals surface area contributed by atoms with Gasteiger partial charge in [0.1, 0.15) is 0 Å². The highest BCUT2D eigenvalue weighted by Crippen LogP contribution is 2.31. The molecule has 130 valence electrons. The topological polar surface area (TPSA) is 73.5 Å². The lowest BCUT2D eigenvalue weighted by Gasteiger charge is -2.18. The molecular formula is C18H26N4O2. The van der Waals surface area contributed by atoms with Crippen molar-refractivity contribution in [2.45, 2.75) is 32.6 Å². The fraction of sp³-hybridized carbons (Fsp3) is 0.556. The second-order valence-electron chi connectivity index (χ2n) is 6.53. The van der Waals surface area contributed by atoms with Crippen LogP contribution in [0.2, 0.25) is 0 Å². The lowest BCUT2D eigenvalue weighted by molar-refractivity contribution is -0.116.